The first-order valence-corrected chi connectivity index (χ1v) is 5.49. The second-order valence-electron chi connectivity index (χ2n) is 2.60. The number of thioether (sulfide) groups is 1. The fraction of sp³-hybridized carbons (Fsp3) is 0.333. The molecule has 14 heavy (non-hydrogen) atoms. The second kappa shape index (κ2) is 6.26. The van der Waals surface area contributed by atoms with Gasteiger partial charge in [-0.15, -0.1) is 6.58 Å². The van der Waals surface area contributed by atoms with Gasteiger partial charge in [0.25, 0.3) is 0 Å². The standard InChI is InChI=1S/C9H14N4S/c1-2-6-14-7-5-12-9-11-4-3-8(10)13-9/h2-4H,1,5-7H2,(H3,10,11,12,13). The smallest absolute Gasteiger partial charge is 0.224 e. The molecule has 0 fully saturated rings. The second-order valence-corrected chi connectivity index (χ2v) is 3.75. The highest BCUT2D eigenvalue weighted by Gasteiger charge is 1.94. The summed E-state index contributed by atoms with van der Waals surface area (Å²) in [4.78, 5) is 8.04. The molecule has 0 saturated heterocycles. The van der Waals surface area contributed by atoms with Crippen LogP contribution in [0.1, 0.15) is 0 Å². The zero-order chi connectivity index (χ0) is 10.2. The first-order valence-electron chi connectivity index (χ1n) is 4.34. The van der Waals surface area contributed by atoms with Crippen molar-refractivity contribution >= 4 is 23.5 Å². The van der Waals surface area contributed by atoms with Crippen LogP contribution < -0.4 is 11.1 Å². The van der Waals surface area contributed by atoms with Crippen molar-refractivity contribution in [3.63, 3.8) is 0 Å². The predicted octanol–water partition coefficient (Wildman–Crippen LogP) is 1.39. The zero-order valence-corrected chi connectivity index (χ0v) is 8.76. The molecular formula is C9H14N4S. The highest BCUT2D eigenvalue weighted by Crippen LogP contribution is 2.02. The van der Waals surface area contributed by atoms with Crippen LogP contribution in [-0.4, -0.2) is 28.0 Å². The maximum atomic E-state index is 5.50. The van der Waals surface area contributed by atoms with E-state index in [4.69, 9.17) is 5.73 Å². The minimum Gasteiger partial charge on any atom is -0.384 e. The number of nitrogens with two attached hydrogens (primary N) is 1. The molecule has 4 nitrogen and oxygen atoms in total. The summed E-state index contributed by atoms with van der Waals surface area (Å²) in [5, 5.41) is 3.09. The molecule has 3 N–H and O–H groups in total. The van der Waals surface area contributed by atoms with E-state index in [2.05, 4.69) is 21.9 Å². The molecular weight excluding hydrogens is 196 g/mol. The van der Waals surface area contributed by atoms with Crippen LogP contribution in [0.4, 0.5) is 11.8 Å². The van der Waals surface area contributed by atoms with Gasteiger partial charge in [-0.3, -0.25) is 0 Å². The van der Waals surface area contributed by atoms with Gasteiger partial charge >= 0.3 is 0 Å². The molecule has 5 heteroatoms. The van der Waals surface area contributed by atoms with Crippen LogP contribution in [0.15, 0.2) is 24.9 Å². The van der Waals surface area contributed by atoms with E-state index in [-0.39, 0.29) is 0 Å². The van der Waals surface area contributed by atoms with Crippen molar-refractivity contribution < 1.29 is 0 Å². The highest BCUT2D eigenvalue weighted by molar-refractivity contribution is 7.99. The molecule has 1 heterocycles. The quantitative estimate of drug-likeness (QED) is 0.549. The van der Waals surface area contributed by atoms with Crippen LogP contribution in [-0.2, 0) is 0 Å². The van der Waals surface area contributed by atoms with Crippen LogP contribution in [0, 0.1) is 0 Å². The minimum absolute atomic E-state index is 0.487. The van der Waals surface area contributed by atoms with Crippen LogP contribution in [0.2, 0.25) is 0 Å². The van der Waals surface area contributed by atoms with Gasteiger partial charge in [-0.1, -0.05) is 6.08 Å². The van der Waals surface area contributed by atoms with Crippen LogP contribution >= 0.6 is 11.8 Å². The summed E-state index contributed by atoms with van der Waals surface area (Å²) in [6.07, 6.45) is 3.53. The van der Waals surface area contributed by atoms with Gasteiger partial charge in [-0.25, -0.2) is 4.98 Å². The van der Waals surface area contributed by atoms with Gasteiger partial charge in [0.15, 0.2) is 0 Å². The lowest BCUT2D eigenvalue weighted by Gasteiger charge is -2.03. The molecule has 0 radical (unpaired) electrons. The number of hydrogen-bond donors (Lipinski definition) is 2. The third-order valence-electron chi connectivity index (χ3n) is 1.44. The first kappa shape index (κ1) is 10.8. The van der Waals surface area contributed by atoms with E-state index in [1.807, 2.05) is 17.8 Å². The molecule has 0 spiro atoms. The molecule has 0 aromatic carbocycles. The lowest BCUT2D eigenvalue weighted by atomic mass is 10.6. The monoisotopic (exact) mass is 210 g/mol. The Morgan fingerprint density at radius 2 is 2.50 bits per heavy atom. The van der Waals surface area contributed by atoms with Crippen molar-refractivity contribution in [2.75, 3.05) is 29.1 Å². The summed E-state index contributed by atoms with van der Waals surface area (Å²) in [6, 6.07) is 1.66. The van der Waals surface area contributed by atoms with E-state index in [0.717, 1.165) is 18.1 Å². The van der Waals surface area contributed by atoms with Crippen molar-refractivity contribution in [2.24, 2.45) is 0 Å². The van der Waals surface area contributed by atoms with Gasteiger partial charge in [-0.05, 0) is 6.07 Å². The van der Waals surface area contributed by atoms with Gasteiger partial charge in [0.2, 0.25) is 5.95 Å². The zero-order valence-electron chi connectivity index (χ0n) is 7.94. The Labute approximate surface area is 88.0 Å². The largest absolute Gasteiger partial charge is 0.384 e. The van der Waals surface area contributed by atoms with E-state index in [9.17, 15) is 0 Å². The molecule has 0 aliphatic heterocycles. The van der Waals surface area contributed by atoms with Crippen molar-refractivity contribution in [1.82, 2.24) is 9.97 Å². The summed E-state index contributed by atoms with van der Waals surface area (Å²) in [5.41, 5.74) is 5.50. The first-order chi connectivity index (χ1) is 6.83. The van der Waals surface area contributed by atoms with Crippen LogP contribution in [0.25, 0.3) is 0 Å². The summed E-state index contributed by atoms with van der Waals surface area (Å²) in [6.45, 7) is 4.48. The molecule has 0 aliphatic carbocycles. The van der Waals surface area contributed by atoms with Gasteiger partial charge in [0.1, 0.15) is 5.82 Å². The van der Waals surface area contributed by atoms with Crippen LogP contribution in [0.3, 0.4) is 0 Å². The van der Waals surface area contributed by atoms with Gasteiger partial charge < -0.3 is 11.1 Å². The molecule has 0 unspecified atom stereocenters. The maximum absolute atomic E-state index is 5.50. The fourth-order valence-electron chi connectivity index (χ4n) is 0.859. The molecule has 1 aromatic heterocycles. The number of aromatic nitrogens is 2. The molecule has 0 bridgehead atoms. The summed E-state index contributed by atoms with van der Waals surface area (Å²) >= 11 is 1.81. The van der Waals surface area contributed by atoms with Crippen molar-refractivity contribution in [2.45, 2.75) is 0 Å². The number of anilines is 2. The molecule has 0 aliphatic rings. The summed E-state index contributed by atoms with van der Waals surface area (Å²) in [5.74, 6) is 3.05. The summed E-state index contributed by atoms with van der Waals surface area (Å²) in [7, 11) is 0. The maximum Gasteiger partial charge on any atom is 0.224 e. The molecule has 76 valence electrons. The number of hydrogen-bond acceptors (Lipinski definition) is 5. The van der Waals surface area contributed by atoms with E-state index < -0.39 is 0 Å². The molecule has 0 atom stereocenters. The Bertz CT molecular complexity index is 290. The van der Waals surface area contributed by atoms with E-state index in [1.165, 1.54) is 0 Å². The Morgan fingerprint density at radius 3 is 3.21 bits per heavy atom. The SMILES string of the molecule is C=CCSCCNc1nccc(N)n1. The van der Waals surface area contributed by atoms with Crippen LogP contribution in [0.5, 0.6) is 0 Å². The minimum atomic E-state index is 0.487. The molecule has 0 saturated carbocycles. The lowest BCUT2D eigenvalue weighted by molar-refractivity contribution is 1.10. The summed E-state index contributed by atoms with van der Waals surface area (Å²) < 4.78 is 0. The topological polar surface area (TPSA) is 63.8 Å². The van der Waals surface area contributed by atoms with Crippen molar-refractivity contribution in [3.05, 3.63) is 24.9 Å². The Morgan fingerprint density at radius 1 is 1.64 bits per heavy atom. The van der Waals surface area contributed by atoms with E-state index in [0.29, 0.717) is 11.8 Å². The number of rotatable bonds is 6. The third-order valence-corrected chi connectivity index (χ3v) is 2.41. The van der Waals surface area contributed by atoms with E-state index >= 15 is 0 Å². The van der Waals surface area contributed by atoms with Gasteiger partial charge in [0, 0.05) is 24.2 Å². The lowest BCUT2D eigenvalue weighted by Crippen LogP contribution is -2.08. The highest BCUT2D eigenvalue weighted by atomic mass is 32.2. The molecule has 1 aromatic rings. The Kier molecular flexibility index (Phi) is 4.85. The molecule has 0 amide bonds. The number of nitrogens with zero attached hydrogens (tertiary/aromatic N) is 2. The average Bonchev–Trinajstić information content (AvgIpc) is 2.18. The van der Waals surface area contributed by atoms with Gasteiger partial charge in [0.05, 0.1) is 0 Å². The number of nitrogens with one attached hydrogen (secondary N) is 1. The van der Waals surface area contributed by atoms with E-state index in [1.54, 1.807) is 12.3 Å². The Balaban J connectivity index is 2.21. The van der Waals surface area contributed by atoms with Crippen molar-refractivity contribution in [1.29, 1.82) is 0 Å². The predicted molar refractivity (Wildman–Crippen MR) is 62.5 cm³/mol. The number of nitrogen functional groups attached to an aromatic ring is 1. The third kappa shape index (κ3) is 4.13. The Hall–Kier alpha value is -1.23. The van der Waals surface area contributed by atoms with Gasteiger partial charge in [-0.2, -0.15) is 16.7 Å². The fourth-order valence-corrected chi connectivity index (χ4v) is 1.44. The molecule has 1 rings (SSSR count). The average molecular weight is 210 g/mol. The normalized spacial score (nSPS) is 9.71. The van der Waals surface area contributed by atoms with Crippen molar-refractivity contribution in [3.8, 4) is 0 Å².